The van der Waals surface area contributed by atoms with E-state index >= 15 is 0 Å². The molecular weight excluding hydrogens is 930 g/mol. The van der Waals surface area contributed by atoms with E-state index in [9.17, 15) is 19.0 Å². The van der Waals surface area contributed by atoms with Crippen molar-refractivity contribution in [2.24, 2.45) is 5.73 Å². The van der Waals surface area contributed by atoms with Gasteiger partial charge in [0.1, 0.15) is 6.61 Å². The zero-order valence-electron chi connectivity index (χ0n) is 45.5. The van der Waals surface area contributed by atoms with E-state index in [2.05, 4.69) is 172 Å². The summed E-state index contributed by atoms with van der Waals surface area (Å²) in [5, 5.41) is 0. The van der Waals surface area contributed by atoms with Gasteiger partial charge in [-0.15, -0.1) is 0 Å². The van der Waals surface area contributed by atoms with Crippen molar-refractivity contribution >= 4 is 19.8 Å². The number of carbonyl (C=O) groups excluding carboxylic acids is 2. The number of allylic oxidation sites excluding steroid dienone is 26. The second-order valence-corrected chi connectivity index (χ2v) is 19.1. The molecule has 0 aliphatic heterocycles. The molecule has 0 radical (unpaired) electrons. The van der Waals surface area contributed by atoms with Crippen LogP contribution in [0.3, 0.4) is 0 Å². The van der Waals surface area contributed by atoms with Crippen LogP contribution in [0.2, 0.25) is 0 Å². The highest BCUT2D eigenvalue weighted by Crippen LogP contribution is 2.43. The smallest absolute Gasteiger partial charge is 0.462 e. The van der Waals surface area contributed by atoms with Crippen molar-refractivity contribution in [3.63, 3.8) is 0 Å². The molecule has 2 unspecified atom stereocenters. The first-order valence-corrected chi connectivity index (χ1v) is 29.5. The summed E-state index contributed by atoms with van der Waals surface area (Å²) in [5.41, 5.74) is 5.37. The van der Waals surface area contributed by atoms with E-state index in [1.54, 1.807) is 0 Å². The number of hydrogen-bond acceptors (Lipinski definition) is 8. The average molecular weight is 1030 g/mol. The van der Waals surface area contributed by atoms with E-state index in [0.29, 0.717) is 12.8 Å². The lowest BCUT2D eigenvalue weighted by Crippen LogP contribution is -2.29. The lowest BCUT2D eigenvalue weighted by molar-refractivity contribution is -0.161. The average Bonchev–Trinajstić information content (AvgIpc) is 3.38. The highest BCUT2D eigenvalue weighted by Gasteiger charge is 2.26. The molecule has 9 nitrogen and oxygen atoms in total. The summed E-state index contributed by atoms with van der Waals surface area (Å²) < 4.78 is 32.9. The first-order valence-electron chi connectivity index (χ1n) is 28.0. The third-order valence-corrected chi connectivity index (χ3v) is 11.9. The molecule has 0 aromatic heterocycles. The fourth-order valence-electron chi connectivity index (χ4n) is 6.85. The molecule has 10 heteroatoms. The molecule has 0 saturated carbocycles. The number of ether oxygens (including phenoxy) is 2. The Hall–Kier alpha value is -4.37. The second-order valence-electron chi connectivity index (χ2n) is 17.7. The van der Waals surface area contributed by atoms with Gasteiger partial charge in [0.2, 0.25) is 0 Å². The first kappa shape index (κ1) is 68.6. The Morgan fingerprint density at radius 1 is 0.411 bits per heavy atom. The number of nitrogens with two attached hydrogens (primary N) is 1. The number of phosphoric acid groups is 1. The number of carbonyl (C=O) groups is 2. The predicted molar refractivity (Wildman–Crippen MR) is 311 cm³/mol. The normalized spacial score (nSPS) is 14.3. The Bertz CT molecular complexity index is 1740. The standard InChI is InChI=1S/C63H100NO8P/c1-3-5-7-9-11-13-15-17-19-21-23-25-26-27-28-29-30-31-32-33-34-36-38-40-42-44-46-48-50-52-54-56-63(66)72-61(60-71-73(67,68)70-58-57-64)59-69-62(65)55-53-51-49-47-45-43-41-39-37-35-24-22-20-18-16-14-12-10-8-6-4-2/h5-8,11-14,17-20,23-25,27-28,30-31,33-35,39,41,45,47,61H,3-4,9-10,15-16,21-22,26,29,32,36-38,40,42-44,46,48-60,64H2,1-2H3,(H,67,68)/b7-5-,8-6-,13-11-,14-12-,19-17-,20-18-,25-23-,28-27-,31-30-,34-33-,35-24-,41-39-,47-45-. The van der Waals surface area contributed by atoms with E-state index in [1.807, 2.05) is 0 Å². The fourth-order valence-corrected chi connectivity index (χ4v) is 7.62. The van der Waals surface area contributed by atoms with Gasteiger partial charge in [-0.2, -0.15) is 0 Å². The third kappa shape index (κ3) is 56.8. The number of rotatable bonds is 50. The quantitative estimate of drug-likeness (QED) is 0.0264. The molecule has 2 atom stereocenters. The number of hydrogen-bond donors (Lipinski definition) is 2. The van der Waals surface area contributed by atoms with Crippen molar-refractivity contribution in [3.8, 4) is 0 Å². The summed E-state index contributed by atoms with van der Waals surface area (Å²) in [6, 6.07) is 0. The zero-order chi connectivity index (χ0) is 53.1. The molecule has 0 heterocycles. The first-order chi connectivity index (χ1) is 35.8. The van der Waals surface area contributed by atoms with Crippen molar-refractivity contribution < 1.29 is 37.6 Å². The van der Waals surface area contributed by atoms with Crippen LogP contribution < -0.4 is 5.73 Å². The minimum absolute atomic E-state index is 0.0369. The SMILES string of the molecule is CC/C=C\C/C=C\C/C=C\C/C=C\C/C=C\C/C=C\C/C=C\CCCCCCCCCCCC(=O)OC(COC(=O)CCCC/C=C\C/C=C\C/C=C\C/C=C\C/C=C\C/C=C\CC)COP(=O)(O)OCCN. The molecule has 0 saturated heterocycles. The van der Waals surface area contributed by atoms with Crippen molar-refractivity contribution in [2.45, 2.75) is 200 Å². The van der Waals surface area contributed by atoms with Gasteiger partial charge in [0.25, 0.3) is 0 Å². The van der Waals surface area contributed by atoms with Gasteiger partial charge >= 0.3 is 19.8 Å². The van der Waals surface area contributed by atoms with E-state index < -0.39 is 32.5 Å². The van der Waals surface area contributed by atoms with Gasteiger partial charge in [0.15, 0.2) is 6.10 Å². The monoisotopic (exact) mass is 1030 g/mol. The number of esters is 2. The topological polar surface area (TPSA) is 134 Å². The highest BCUT2D eigenvalue weighted by atomic mass is 31.2. The second kappa shape index (κ2) is 56.9. The highest BCUT2D eigenvalue weighted by molar-refractivity contribution is 7.47. The van der Waals surface area contributed by atoms with Crippen LogP contribution in [0.15, 0.2) is 158 Å². The van der Waals surface area contributed by atoms with Crippen LogP contribution in [0, 0.1) is 0 Å². The summed E-state index contributed by atoms with van der Waals surface area (Å²) >= 11 is 0. The molecule has 0 amide bonds. The predicted octanol–water partition coefficient (Wildman–Crippen LogP) is 17.7. The van der Waals surface area contributed by atoms with Crippen LogP contribution in [0.1, 0.15) is 194 Å². The van der Waals surface area contributed by atoms with E-state index in [4.69, 9.17) is 24.3 Å². The Labute approximate surface area is 445 Å². The van der Waals surface area contributed by atoms with Crippen LogP contribution in [0.5, 0.6) is 0 Å². The third-order valence-electron chi connectivity index (χ3n) is 10.9. The summed E-state index contributed by atoms with van der Waals surface area (Å²) in [4.78, 5) is 35.1. The van der Waals surface area contributed by atoms with Crippen LogP contribution in [0.4, 0.5) is 0 Å². The van der Waals surface area contributed by atoms with Crippen molar-refractivity contribution in [1.82, 2.24) is 0 Å². The van der Waals surface area contributed by atoms with E-state index in [-0.39, 0.29) is 32.6 Å². The minimum atomic E-state index is -4.41. The Kier molecular flexibility index (Phi) is 53.5. The van der Waals surface area contributed by atoms with E-state index in [1.165, 1.54) is 32.1 Å². The Balaban J connectivity index is 4.13. The maximum atomic E-state index is 12.7. The van der Waals surface area contributed by atoms with Crippen molar-refractivity contribution in [3.05, 3.63) is 158 Å². The molecule has 0 aromatic carbocycles. The Morgan fingerprint density at radius 2 is 0.712 bits per heavy atom. The molecule has 3 N–H and O–H groups in total. The van der Waals surface area contributed by atoms with Gasteiger partial charge in [-0.1, -0.05) is 217 Å². The van der Waals surface area contributed by atoms with Crippen LogP contribution in [-0.4, -0.2) is 49.3 Å². The molecule has 73 heavy (non-hydrogen) atoms. The molecule has 410 valence electrons. The van der Waals surface area contributed by atoms with E-state index in [0.717, 1.165) is 122 Å². The lowest BCUT2D eigenvalue weighted by atomic mass is 10.1. The summed E-state index contributed by atoms with van der Waals surface area (Å²) in [5.74, 6) is -0.900. The Morgan fingerprint density at radius 3 is 1.08 bits per heavy atom. The maximum Gasteiger partial charge on any atom is 0.472 e. The van der Waals surface area contributed by atoms with Crippen molar-refractivity contribution in [1.29, 1.82) is 0 Å². The summed E-state index contributed by atoms with van der Waals surface area (Å²) in [6.45, 7) is 3.43. The number of phosphoric ester groups is 1. The largest absolute Gasteiger partial charge is 0.472 e. The summed E-state index contributed by atoms with van der Waals surface area (Å²) in [6.07, 6.45) is 82.9. The molecule has 0 rings (SSSR count). The van der Waals surface area contributed by atoms with Crippen LogP contribution in [-0.2, 0) is 32.7 Å². The van der Waals surface area contributed by atoms with Gasteiger partial charge < -0.3 is 20.1 Å². The van der Waals surface area contributed by atoms with Crippen molar-refractivity contribution in [2.75, 3.05) is 26.4 Å². The zero-order valence-corrected chi connectivity index (χ0v) is 46.4. The molecule has 0 fully saturated rings. The summed E-state index contributed by atoms with van der Waals surface area (Å²) in [7, 11) is -4.41. The molecule has 0 aromatic rings. The number of unbranched alkanes of at least 4 members (excludes halogenated alkanes) is 11. The molecule has 0 aliphatic rings. The molecule has 0 spiro atoms. The van der Waals surface area contributed by atoms with Gasteiger partial charge in [0, 0.05) is 19.4 Å². The van der Waals surface area contributed by atoms with Crippen LogP contribution in [0.25, 0.3) is 0 Å². The fraction of sp³-hybridized carbons (Fsp3) is 0.556. The maximum absolute atomic E-state index is 12.7. The molecule has 0 aliphatic carbocycles. The lowest BCUT2D eigenvalue weighted by Gasteiger charge is -2.19. The van der Waals surface area contributed by atoms with Gasteiger partial charge in [-0.3, -0.25) is 18.6 Å². The minimum Gasteiger partial charge on any atom is -0.462 e. The van der Waals surface area contributed by atoms with Crippen LogP contribution >= 0.6 is 7.82 Å². The molecule has 0 bridgehead atoms. The van der Waals surface area contributed by atoms with Gasteiger partial charge in [-0.05, 0) is 122 Å². The molecular formula is C63H100NO8P. The van der Waals surface area contributed by atoms with Gasteiger partial charge in [0.05, 0.1) is 13.2 Å². The van der Waals surface area contributed by atoms with Gasteiger partial charge in [-0.25, -0.2) is 4.57 Å².